The maximum atomic E-state index is 10.6. The highest BCUT2D eigenvalue weighted by Gasteiger charge is 2.09. The number of aliphatic hydroxyl groups excluding tert-OH is 1. The Hall–Kier alpha value is -0.220. The Labute approximate surface area is 71.1 Å². The summed E-state index contributed by atoms with van der Waals surface area (Å²) in [5.74, 6) is 1.21. The summed E-state index contributed by atoms with van der Waals surface area (Å²) in [6, 6.07) is 0. The predicted octanol–water partition coefficient (Wildman–Crippen LogP) is 0.663. The molecule has 1 atom stereocenters. The zero-order chi connectivity index (χ0) is 8.69. The number of esters is 1. The van der Waals surface area contributed by atoms with E-state index in [0.29, 0.717) is 5.75 Å². The van der Waals surface area contributed by atoms with Crippen molar-refractivity contribution in [3.63, 3.8) is 0 Å². The summed E-state index contributed by atoms with van der Waals surface area (Å²) in [5, 5.41) is 9.16. The molecule has 0 aliphatic heterocycles. The van der Waals surface area contributed by atoms with Gasteiger partial charge in [-0.15, -0.1) is 0 Å². The molecule has 1 N–H and O–H groups in total. The van der Waals surface area contributed by atoms with Gasteiger partial charge in [0, 0.05) is 5.75 Å². The monoisotopic (exact) mass is 178 g/mol. The minimum Gasteiger partial charge on any atom is -0.469 e. The van der Waals surface area contributed by atoms with E-state index in [2.05, 4.69) is 4.74 Å². The fourth-order valence-corrected chi connectivity index (χ4v) is 1.21. The van der Waals surface area contributed by atoms with Crippen LogP contribution in [-0.2, 0) is 9.53 Å². The Bertz CT molecular complexity index is 116. The Kier molecular flexibility index (Phi) is 6.36. The molecule has 0 radical (unpaired) electrons. The van der Waals surface area contributed by atoms with E-state index in [0.717, 1.165) is 5.75 Å². The SMILES string of the molecule is CCSC[C@H](O)CC(=O)OC. The molecule has 3 nitrogen and oxygen atoms in total. The van der Waals surface area contributed by atoms with Crippen molar-refractivity contribution < 1.29 is 14.6 Å². The first-order chi connectivity index (χ1) is 5.20. The molecular formula is C7H14O3S. The molecule has 0 aliphatic carbocycles. The van der Waals surface area contributed by atoms with E-state index in [4.69, 9.17) is 5.11 Å². The first-order valence-electron chi connectivity index (χ1n) is 3.53. The van der Waals surface area contributed by atoms with Crippen LogP contribution in [0.5, 0.6) is 0 Å². The molecule has 0 heterocycles. The molecule has 0 aromatic carbocycles. The van der Waals surface area contributed by atoms with Gasteiger partial charge in [0.05, 0.1) is 19.6 Å². The molecule has 0 rings (SSSR count). The molecule has 0 aliphatic rings. The molecular weight excluding hydrogens is 164 g/mol. The van der Waals surface area contributed by atoms with Crippen molar-refractivity contribution in [2.45, 2.75) is 19.4 Å². The van der Waals surface area contributed by atoms with Gasteiger partial charge >= 0.3 is 5.97 Å². The molecule has 66 valence electrons. The number of carbonyl (C=O) groups is 1. The van der Waals surface area contributed by atoms with E-state index in [1.807, 2.05) is 6.92 Å². The molecule has 0 bridgehead atoms. The summed E-state index contributed by atoms with van der Waals surface area (Å²) in [4.78, 5) is 10.6. The molecule has 0 spiro atoms. The highest BCUT2D eigenvalue weighted by atomic mass is 32.2. The van der Waals surface area contributed by atoms with Crippen LogP contribution in [0.1, 0.15) is 13.3 Å². The van der Waals surface area contributed by atoms with Gasteiger partial charge in [0.25, 0.3) is 0 Å². The number of aliphatic hydroxyl groups is 1. The summed E-state index contributed by atoms with van der Waals surface area (Å²) >= 11 is 1.61. The van der Waals surface area contributed by atoms with Crippen LogP contribution < -0.4 is 0 Å². The Morgan fingerprint density at radius 1 is 1.73 bits per heavy atom. The van der Waals surface area contributed by atoms with Gasteiger partial charge in [0.2, 0.25) is 0 Å². The average molecular weight is 178 g/mol. The van der Waals surface area contributed by atoms with Crippen molar-refractivity contribution in [2.24, 2.45) is 0 Å². The minimum absolute atomic E-state index is 0.101. The first kappa shape index (κ1) is 10.8. The number of hydrogen-bond donors (Lipinski definition) is 1. The van der Waals surface area contributed by atoms with Gasteiger partial charge in [-0.2, -0.15) is 11.8 Å². The third-order valence-electron chi connectivity index (χ3n) is 1.14. The van der Waals surface area contributed by atoms with Gasteiger partial charge < -0.3 is 9.84 Å². The molecule has 0 aromatic heterocycles. The molecule has 0 fully saturated rings. The number of thioether (sulfide) groups is 1. The summed E-state index contributed by atoms with van der Waals surface area (Å²) in [5.41, 5.74) is 0. The minimum atomic E-state index is -0.563. The highest BCUT2D eigenvalue weighted by Crippen LogP contribution is 2.04. The van der Waals surface area contributed by atoms with Gasteiger partial charge in [0.15, 0.2) is 0 Å². The first-order valence-corrected chi connectivity index (χ1v) is 4.68. The number of methoxy groups -OCH3 is 1. The van der Waals surface area contributed by atoms with Crippen LogP contribution in [0.25, 0.3) is 0 Å². The zero-order valence-electron chi connectivity index (χ0n) is 6.87. The second-order valence-corrected chi connectivity index (χ2v) is 3.41. The lowest BCUT2D eigenvalue weighted by atomic mass is 10.3. The summed E-state index contributed by atoms with van der Waals surface area (Å²) in [6.07, 6.45) is -0.462. The van der Waals surface area contributed by atoms with Crippen molar-refractivity contribution in [3.05, 3.63) is 0 Å². The molecule has 0 unspecified atom stereocenters. The van der Waals surface area contributed by atoms with Crippen LogP contribution in [-0.4, -0.2) is 35.8 Å². The maximum absolute atomic E-state index is 10.6. The Balaban J connectivity index is 3.35. The molecule has 4 heteroatoms. The largest absolute Gasteiger partial charge is 0.469 e. The van der Waals surface area contributed by atoms with Gasteiger partial charge in [0.1, 0.15) is 0 Å². The van der Waals surface area contributed by atoms with Gasteiger partial charge in [-0.3, -0.25) is 4.79 Å². The Morgan fingerprint density at radius 3 is 2.82 bits per heavy atom. The topological polar surface area (TPSA) is 46.5 Å². The molecule has 0 saturated carbocycles. The number of ether oxygens (including phenoxy) is 1. The summed E-state index contributed by atoms with van der Waals surface area (Å²) in [7, 11) is 1.32. The van der Waals surface area contributed by atoms with Crippen molar-refractivity contribution in [2.75, 3.05) is 18.6 Å². The molecule has 0 amide bonds. The van der Waals surface area contributed by atoms with Crippen LogP contribution in [0.2, 0.25) is 0 Å². The normalized spacial score (nSPS) is 12.6. The third-order valence-corrected chi connectivity index (χ3v) is 2.17. The van der Waals surface area contributed by atoms with Crippen LogP contribution in [0, 0.1) is 0 Å². The molecule has 11 heavy (non-hydrogen) atoms. The lowest BCUT2D eigenvalue weighted by Gasteiger charge is -2.06. The lowest BCUT2D eigenvalue weighted by Crippen LogP contribution is -2.16. The van der Waals surface area contributed by atoms with Gasteiger partial charge in [-0.25, -0.2) is 0 Å². The number of rotatable bonds is 5. The summed E-state index contributed by atoms with van der Waals surface area (Å²) in [6.45, 7) is 2.01. The quantitative estimate of drug-likeness (QED) is 0.628. The second kappa shape index (κ2) is 6.49. The molecule has 0 saturated heterocycles. The summed E-state index contributed by atoms with van der Waals surface area (Å²) < 4.78 is 4.39. The van der Waals surface area contributed by atoms with Crippen molar-refractivity contribution in [3.8, 4) is 0 Å². The van der Waals surface area contributed by atoms with Crippen LogP contribution in [0.15, 0.2) is 0 Å². The maximum Gasteiger partial charge on any atom is 0.308 e. The number of carbonyl (C=O) groups excluding carboxylic acids is 1. The van der Waals surface area contributed by atoms with Crippen molar-refractivity contribution in [1.29, 1.82) is 0 Å². The van der Waals surface area contributed by atoms with Crippen LogP contribution >= 0.6 is 11.8 Å². The number of hydrogen-bond acceptors (Lipinski definition) is 4. The van der Waals surface area contributed by atoms with E-state index in [1.54, 1.807) is 11.8 Å². The molecule has 0 aromatic rings. The highest BCUT2D eigenvalue weighted by molar-refractivity contribution is 7.99. The fourth-order valence-electron chi connectivity index (χ4n) is 0.589. The van der Waals surface area contributed by atoms with Gasteiger partial charge in [-0.1, -0.05) is 6.92 Å². The van der Waals surface area contributed by atoms with E-state index in [1.165, 1.54) is 7.11 Å². The van der Waals surface area contributed by atoms with E-state index < -0.39 is 6.10 Å². The van der Waals surface area contributed by atoms with Crippen LogP contribution in [0.4, 0.5) is 0 Å². The predicted molar refractivity (Wildman–Crippen MR) is 45.6 cm³/mol. The van der Waals surface area contributed by atoms with Gasteiger partial charge in [-0.05, 0) is 5.75 Å². The van der Waals surface area contributed by atoms with E-state index >= 15 is 0 Å². The smallest absolute Gasteiger partial charge is 0.308 e. The third kappa shape index (κ3) is 6.19. The van der Waals surface area contributed by atoms with E-state index in [9.17, 15) is 4.79 Å². The standard InChI is InChI=1S/C7H14O3S/c1-3-11-5-6(8)4-7(9)10-2/h6,8H,3-5H2,1-2H3/t6-/m1/s1. The van der Waals surface area contributed by atoms with Crippen molar-refractivity contribution >= 4 is 17.7 Å². The van der Waals surface area contributed by atoms with Crippen LogP contribution in [0.3, 0.4) is 0 Å². The average Bonchev–Trinajstić information content (AvgIpc) is 2.00. The van der Waals surface area contributed by atoms with E-state index in [-0.39, 0.29) is 12.4 Å². The zero-order valence-corrected chi connectivity index (χ0v) is 7.69. The lowest BCUT2D eigenvalue weighted by molar-refractivity contribution is -0.142. The van der Waals surface area contributed by atoms with Crippen molar-refractivity contribution in [1.82, 2.24) is 0 Å². The second-order valence-electron chi connectivity index (χ2n) is 2.09. The Morgan fingerprint density at radius 2 is 2.36 bits per heavy atom. The fraction of sp³-hybridized carbons (Fsp3) is 0.857.